The molecule has 8 heteroatoms. The van der Waals surface area contributed by atoms with E-state index in [1.165, 1.54) is 87.9 Å². The number of likely N-dealkylation sites (N-methyl/N-ethyl adjacent to an activating group) is 1. The second kappa shape index (κ2) is 22.2. The number of esters is 1. The van der Waals surface area contributed by atoms with E-state index in [9.17, 15) is 4.79 Å². The van der Waals surface area contributed by atoms with Crippen LogP contribution in [0.1, 0.15) is 129 Å². The Kier molecular flexibility index (Phi) is 20.2. The Morgan fingerprint density at radius 2 is 1.51 bits per heavy atom. The van der Waals surface area contributed by atoms with E-state index >= 15 is 0 Å². The van der Waals surface area contributed by atoms with Crippen LogP contribution in [0.4, 0.5) is 0 Å². The summed E-state index contributed by atoms with van der Waals surface area (Å²) >= 11 is 1.22. The molecule has 0 aliphatic carbocycles. The summed E-state index contributed by atoms with van der Waals surface area (Å²) in [5.41, 5.74) is 2.05. The van der Waals surface area contributed by atoms with Crippen molar-refractivity contribution < 1.29 is 23.5 Å². The van der Waals surface area contributed by atoms with Crippen LogP contribution < -0.4 is 4.74 Å². The molecule has 1 aliphatic heterocycles. The number of quaternary nitrogens is 1. The molecule has 1 aromatic heterocycles. The van der Waals surface area contributed by atoms with Crippen molar-refractivity contribution in [2.45, 2.75) is 130 Å². The molecule has 39 heavy (non-hydrogen) atoms. The zero-order valence-electron chi connectivity index (χ0n) is 26.0. The van der Waals surface area contributed by atoms with Gasteiger partial charge in [0, 0.05) is 39.1 Å². The second-order valence-electron chi connectivity index (χ2n) is 11.0. The number of hydrogen-bond acceptors (Lipinski definition) is 7. The summed E-state index contributed by atoms with van der Waals surface area (Å²) in [4.78, 5) is 12.3. The Morgan fingerprint density at radius 3 is 2.13 bits per heavy atom. The summed E-state index contributed by atoms with van der Waals surface area (Å²) in [6.45, 7) is 8.80. The number of unbranched alkanes of at least 4 members (excludes halogenated alkanes) is 11. The van der Waals surface area contributed by atoms with Crippen LogP contribution in [0, 0.1) is 0 Å². The molecule has 7 nitrogen and oxygen atoms in total. The van der Waals surface area contributed by atoms with Gasteiger partial charge in [-0.1, -0.05) is 97.5 Å². The highest BCUT2D eigenvalue weighted by atomic mass is 32.1. The SMILES string of the molecule is CCCCCCCCCCCC(OC(=O)CC)[N+]1(C)CCC=C(c2nsnc2OCCCCCC)C1.COC. The predicted octanol–water partition coefficient (Wildman–Crippen LogP) is 8.19. The van der Waals surface area contributed by atoms with Crippen LogP contribution in [0.15, 0.2) is 6.08 Å². The first kappa shape index (κ1) is 35.5. The van der Waals surface area contributed by atoms with E-state index in [0.29, 0.717) is 23.4 Å². The van der Waals surface area contributed by atoms with Gasteiger partial charge in [0.1, 0.15) is 12.2 Å². The zero-order valence-corrected chi connectivity index (χ0v) is 26.8. The molecule has 0 saturated heterocycles. The fourth-order valence-corrected chi connectivity index (χ4v) is 5.55. The van der Waals surface area contributed by atoms with Crippen LogP contribution in [-0.4, -0.2) is 66.4 Å². The minimum atomic E-state index is -0.115. The number of carbonyl (C=O) groups excluding carboxylic acids is 1. The number of rotatable bonds is 20. The average Bonchev–Trinajstić information content (AvgIpc) is 3.40. The molecule has 2 heterocycles. The van der Waals surface area contributed by atoms with Crippen molar-refractivity contribution in [1.82, 2.24) is 8.75 Å². The van der Waals surface area contributed by atoms with Gasteiger partial charge in [-0.05, 0) is 12.8 Å². The van der Waals surface area contributed by atoms with Crippen molar-refractivity contribution in [3.05, 3.63) is 11.8 Å². The summed E-state index contributed by atoms with van der Waals surface area (Å²) in [6.07, 6.45) is 20.8. The second-order valence-corrected chi connectivity index (χ2v) is 11.6. The molecule has 0 fully saturated rings. The lowest BCUT2D eigenvalue weighted by molar-refractivity contribution is -0.947. The van der Waals surface area contributed by atoms with E-state index in [-0.39, 0.29) is 12.2 Å². The number of carbonyl (C=O) groups is 1. The number of nitrogens with zero attached hydrogens (tertiary/aromatic N) is 3. The van der Waals surface area contributed by atoms with Crippen molar-refractivity contribution in [3.63, 3.8) is 0 Å². The summed E-state index contributed by atoms with van der Waals surface area (Å²) in [6, 6.07) is 0. The molecule has 0 bridgehead atoms. The summed E-state index contributed by atoms with van der Waals surface area (Å²) in [5, 5.41) is 0. The smallest absolute Gasteiger partial charge is 0.309 e. The highest BCUT2D eigenvalue weighted by Gasteiger charge is 2.39. The molecule has 2 atom stereocenters. The van der Waals surface area contributed by atoms with Crippen molar-refractivity contribution in [3.8, 4) is 5.88 Å². The van der Waals surface area contributed by atoms with Crippen molar-refractivity contribution in [2.24, 2.45) is 0 Å². The molecular weight excluding hydrogens is 510 g/mol. The van der Waals surface area contributed by atoms with Gasteiger partial charge >= 0.3 is 5.97 Å². The minimum Gasteiger partial charge on any atom is -0.475 e. The molecular formula is C31H58N3O4S+. The third-order valence-electron chi connectivity index (χ3n) is 7.37. The maximum atomic E-state index is 12.3. The van der Waals surface area contributed by atoms with Crippen molar-refractivity contribution in [1.29, 1.82) is 0 Å². The van der Waals surface area contributed by atoms with Gasteiger partial charge in [-0.3, -0.25) is 9.28 Å². The maximum Gasteiger partial charge on any atom is 0.309 e. The quantitative estimate of drug-likeness (QED) is 0.0897. The molecule has 1 aliphatic rings. The Labute approximate surface area is 243 Å². The molecule has 0 spiro atoms. The van der Waals surface area contributed by atoms with Gasteiger partial charge in [-0.15, -0.1) is 4.37 Å². The number of aromatic nitrogens is 2. The molecule has 1 aromatic rings. The van der Waals surface area contributed by atoms with Crippen LogP contribution in [0.2, 0.25) is 0 Å². The molecule has 2 unspecified atom stereocenters. The summed E-state index contributed by atoms with van der Waals surface area (Å²) < 4.78 is 26.1. The van der Waals surface area contributed by atoms with Crippen LogP contribution in [0.3, 0.4) is 0 Å². The van der Waals surface area contributed by atoms with Crippen LogP contribution >= 0.6 is 11.7 Å². The molecule has 0 N–H and O–H groups in total. The van der Waals surface area contributed by atoms with E-state index in [2.05, 4.69) is 40.5 Å². The van der Waals surface area contributed by atoms with E-state index in [1.807, 2.05) is 6.92 Å². The first-order chi connectivity index (χ1) is 18.9. The van der Waals surface area contributed by atoms with E-state index < -0.39 is 0 Å². The monoisotopic (exact) mass is 568 g/mol. The van der Waals surface area contributed by atoms with Crippen LogP contribution in [0.5, 0.6) is 5.88 Å². The van der Waals surface area contributed by atoms with Gasteiger partial charge in [-0.25, -0.2) is 0 Å². The average molecular weight is 569 g/mol. The van der Waals surface area contributed by atoms with Gasteiger partial charge in [0.05, 0.1) is 31.9 Å². The lowest BCUT2D eigenvalue weighted by atomic mass is 10.0. The third kappa shape index (κ3) is 14.6. The fourth-order valence-electron chi connectivity index (χ4n) is 5.02. The molecule has 226 valence electrons. The standard InChI is InChI=1S/C29H52N3O3S.C2H6O/c1-5-8-10-12-13-14-15-16-17-21-26(35-27(33)7-3)32(4)22-19-20-25(24-32)28-29(31-36-30-28)34-23-18-11-9-6-2;1-3-2/h20,26H,5-19,21-24H2,1-4H3;1-2H3/q+1;. The first-order valence-corrected chi connectivity index (χ1v) is 16.3. The van der Waals surface area contributed by atoms with Gasteiger partial charge < -0.3 is 14.2 Å². The Bertz CT molecular complexity index is 786. The lowest BCUT2D eigenvalue weighted by Gasteiger charge is -2.42. The minimum absolute atomic E-state index is 0.0993. The van der Waals surface area contributed by atoms with Gasteiger partial charge in [0.25, 0.3) is 5.88 Å². The zero-order chi connectivity index (χ0) is 28.8. The molecule has 0 saturated carbocycles. The molecule has 0 radical (unpaired) electrons. The predicted molar refractivity (Wildman–Crippen MR) is 163 cm³/mol. The van der Waals surface area contributed by atoms with E-state index in [4.69, 9.17) is 9.47 Å². The van der Waals surface area contributed by atoms with Crippen LogP contribution in [-0.2, 0) is 14.3 Å². The summed E-state index contributed by atoms with van der Waals surface area (Å²) in [7, 11) is 5.49. The van der Waals surface area contributed by atoms with Gasteiger partial charge in [-0.2, -0.15) is 4.37 Å². The molecule has 0 amide bonds. The summed E-state index contributed by atoms with van der Waals surface area (Å²) in [5.74, 6) is 0.565. The number of ether oxygens (including phenoxy) is 3. The normalized spacial score (nSPS) is 17.6. The maximum absolute atomic E-state index is 12.3. The Morgan fingerprint density at radius 1 is 0.923 bits per heavy atom. The molecule has 0 aromatic carbocycles. The highest BCUT2D eigenvalue weighted by molar-refractivity contribution is 6.99. The van der Waals surface area contributed by atoms with Crippen molar-refractivity contribution >= 4 is 23.3 Å². The lowest BCUT2D eigenvalue weighted by Crippen LogP contribution is -2.56. The van der Waals surface area contributed by atoms with Gasteiger partial charge in [0.2, 0.25) is 6.23 Å². The van der Waals surface area contributed by atoms with E-state index in [0.717, 1.165) is 44.5 Å². The Hall–Kier alpha value is -1.51. The fraction of sp³-hybridized carbons (Fsp3) is 0.839. The highest BCUT2D eigenvalue weighted by Crippen LogP contribution is 2.33. The van der Waals surface area contributed by atoms with Crippen LogP contribution in [0.25, 0.3) is 5.57 Å². The third-order valence-corrected chi connectivity index (χ3v) is 7.88. The molecule has 2 rings (SSSR count). The number of methoxy groups -OCH3 is 1. The van der Waals surface area contributed by atoms with E-state index in [1.54, 1.807) is 14.2 Å². The largest absolute Gasteiger partial charge is 0.475 e. The Balaban J connectivity index is 0.00000242. The number of hydrogen-bond donors (Lipinski definition) is 0. The topological polar surface area (TPSA) is 70.5 Å². The first-order valence-electron chi connectivity index (χ1n) is 15.5. The van der Waals surface area contributed by atoms with Gasteiger partial charge in [0.15, 0.2) is 0 Å². The van der Waals surface area contributed by atoms with Crippen molar-refractivity contribution in [2.75, 3.05) is 41.0 Å².